The van der Waals surface area contributed by atoms with E-state index in [1.807, 2.05) is 25.2 Å². The van der Waals surface area contributed by atoms with E-state index < -0.39 is 0 Å². The van der Waals surface area contributed by atoms with Gasteiger partial charge in [0.2, 0.25) is 5.91 Å². The number of unbranched alkanes of at least 4 members (excludes halogenated alkanes) is 1. The van der Waals surface area contributed by atoms with E-state index in [1.54, 1.807) is 4.90 Å². The minimum absolute atomic E-state index is 0.0366. The first-order valence-electron chi connectivity index (χ1n) is 8.60. The van der Waals surface area contributed by atoms with Gasteiger partial charge in [0, 0.05) is 25.7 Å². The molecule has 124 valence electrons. The molecule has 2 aliphatic rings. The van der Waals surface area contributed by atoms with E-state index in [4.69, 9.17) is 0 Å². The highest BCUT2D eigenvalue weighted by atomic mass is 16.2. The van der Waals surface area contributed by atoms with Crippen molar-refractivity contribution in [3.63, 3.8) is 0 Å². The number of carbonyl (C=O) groups excluding carboxylic acids is 2. The van der Waals surface area contributed by atoms with Gasteiger partial charge in [0.05, 0.1) is 11.4 Å². The van der Waals surface area contributed by atoms with Crippen LogP contribution in [0.15, 0.2) is 18.2 Å². The van der Waals surface area contributed by atoms with Crippen molar-refractivity contribution in [3.05, 3.63) is 23.8 Å². The minimum atomic E-state index is -0.0668. The van der Waals surface area contributed by atoms with Gasteiger partial charge in [-0.3, -0.25) is 9.59 Å². The number of benzene rings is 1. The van der Waals surface area contributed by atoms with Crippen molar-refractivity contribution in [1.29, 1.82) is 0 Å². The molecule has 1 atom stereocenters. The summed E-state index contributed by atoms with van der Waals surface area (Å²) in [6, 6.07) is 5.67. The van der Waals surface area contributed by atoms with Gasteiger partial charge in [-0.15, -0.1) is 0 Å². The van der Waals surface area contributed by atoms with E-state index in [0.717, 1.165) is 50.0 Å². The molecule has 0 saturated carbocycles. The number of nitrogens with one attached hydrogen (secondary N) is 1. The zero-order valence-corrected chi connectivity index (χ0v) is 14.0. The SMILES string of the molecule is CCCCNC(=O)c1ccc2c(c1)N(C)C(=O)[C@H]1CCCCN21. The van der Waals surface area contributed by atoms with Crippen LogP contribution in [0.25, 0.3) is 0 Å². The number of nitrogens with zero attached hydrogens (tertiary/aromatic N) is 2. The lowest BCUT2D eigenvalue weighted by Crippen LogP contribution is -2.54. The smallest absolute Gasteiger partial charge is 0.251 e. The van der Waals surface area contributed by atoms with Crippen molar-refractivity contribution in [3.8, 4) is 0 Å². The van der Waals surface area contributed by atoms with E-state index in [-0.39, 0.29) is 17.9 Å². The molecule has 0 unspecified atom stereocenters. The van der Waals surface area contributed by atoms with Gasteiger partial charge in [-0.1, -0.05) is 13.3 Å². The highest BCUT2D eigenvalue weighted by molar-refractivity contribution is 6.07. The van der Waals surface area contributed by atoms with Crippen LogP contribution in [0.4, 0.5) is 11.4 Å². The molecule has 3 rings (SSSR count). The predicted molar refractivity (Wildman–Crippen MR) is 92.1 cm³/mol. The van der Waals surface area contributed by atoms with Gasteiger partial charge in [-0.05, 0) is 43.9 Å². The normalized spacial score (nSPS) is 20.1. The number of rotatable bonds is 4. The van der Waals surface area contributed by atoms with Crippen LogP contribution in [-0.4, -0.2) is 38.0 Å². The third kappa shape index (κ3) is 2.92. The molecule has 23 heavy (non-hydrogen) atoms. The molecule has 2 amide bonds. The fourth-order valence-corrected chi connectivity index (χ4v) is 3.48. The van der Waals surface area contributed by atoms with Gasteiger partial charge in [0.1, 0.15) is 6.04 Å². The molecule has 0 radical (unpaired) electrons. The first kappa shape index (κ1) is 15.8. The third-order valence-electron chi connectivity index (χ3n) is 4.84. The summed E-state index contributed by atoms with van der Waals surface area (Å²) < 4.78 is 0. The van der Waals surface area contributed by atoms with Crippen LogP contribution in [0.5, 0.6) is 0 Å². The maximum atomic E-state index is 12.6. The highest BCUT2D eigenvalue weighted by Gasteiger charge is 2.37. The van der Waals surface area contributed by atoms with Crippen molar-refractivity contribution < 1.29 is 9.59 Å². The molecule has 1 saturated heterocycles. The molecule has 5 heteroatoms. The zero-order chi connectivity index (χ0) is 16.4. The fraction of sp³-hybridized carbons (Fsp3) is 0.556. The van der Waals surface area contributed by atoms with Crippen molar-refractivity contribution >= 4 is 23.2 Å². The largest absolute Gasteiger partial charge is 0.358 e. The van der Waals surface area contributed by atoms with E-state index in [9.17, 15) is 9.59 Å². The van der Waals surface area contributed by atoms with E-state index in [1.165, 1.54) is 0 Å². The average molecular weight is 315 g/mol. The molecule has 1 aromatic rings. The topological polar surface area (TPSA) is 52.7 Å². The summed E-state index contributed by atoms with van der Waals surface area (Å²) in [5.74, 6) is 0.0728. The van der Waals surface area contributed by atoms with Gasteiger partial charge in [-0.25, -0.2) is 0 Å². The number of anilines is 2. The van der Waals surface area contributed by atoms with Gasteiger partial charge in [-0.2, -0.15) is 0 Å². The second kappa shape index (κ2) is 6.60. The quantitative estimate of drug-likeness (QED) is 0.869. The fourth-order valence-electron chi connectivity index (χ4n) is 3.48. The molecule has 1 aromatic carbocycles. The van der Waals surface area contributed by atoms with Crippen molar-refractivity contribution in [2.24, 2.45) is 0 Å². The number of amides is 2. The summed E-state index contributed by atoms with van der Waals surface area (Å²) in [5, 5.41) is 2.93. The van der Waals surface area contributed by atoms with Gasteiger partial charge in [0.25, 0.3) is 5.91 Å². The van der Waals surface area contributed by atoms with Crippen LogP contribution >= 0.6 is 0 Å². The number of hydrogen-bond acceptors (Lipinski definition) is 3. The number of hydrogen-bond donors (Lipinski definition) is 1. The summed E-state index contributed by atoms with van der Waals surface area (Å²) in [5.41, 5.74) is 2.54. The van der Waals surface area contributed by atoms with E-state index in [2.05, 4.69) is 17.1 Å². The van der Waals surface area contributed by atoms with Crippen LogP contribution in [0.2, 0.25) is 0 Å². The minimum Gasteiger partial charge on any atom is -0.358 e. The van der Waals surface area contributed by atoms with Crippen LogP contribution in [0.1, 0.15) is 49.4 Å². The number of piperidine rings is 1. The van der Waals surface area contributed by atoms with Crippen LogP contribution < -0.4 is 15.1 Å². The summed E-state index contributed by atoms with van der Waals surface area (Å²) in [4.78, 5) is 28.8. The standard InChI is InChI=1S/C18H25N3O2/c1-3-4-10-19-17(22)13-8-9-14-16(12-13)20(2)18(23)15-7-5-6-11-21(14)15/h8-9,12,15H,3-7,10-11H2,1-2H3,(H,19,22)/t15-/m1/s1. The Bertz CT molecular complexity index is 614. The molecule has 2 heterocycles. The van der Waals surface area contributed by atoms with E-state index >= 15 is 0 Å². The van der Waals surface area contributed by atoms with E-state index in [0.29, 0.717) is 12.1 Å². The second-order valence-corrected chi connectivity index (χ2v) is 6.42. The van der Waals surface area contributed by atoms with Crippen molar-refractivity contribution in [2.45, 2.75) is 45.1 Å². The summed E-state index contributed by atoms with van der Waals surface area (Å²) in [6.07, 6.45) is 5.17. The lowest BCUT2D eigenvalue weighted by atomic mass is 9.96. The zero-order valence-electron chi connectivity index (χ0n) is 14.0. The Morgan fingerprint density at radius 3 is 2.91 bits per heavy atom. The summed E-state index contributed by atoms with van der Waals surface area (Å²) >= 11 is 0. The molecular formula is C18H25N3O2. The van der Waals surface area contributed by atoms with Crippen LogP contribution in [0.3, 0.4) is 0 Å². The van der Waals surface area contributed by atoms with Crippen molar-refractivity contribution in [2.75, 3.05) is 29.9 Å². The molecular weight excluding hydrogens is 290 g/mol. The molecule has 0 bridgehead atoms. The third-order valence-corrected chi connectivity index (χ3v) is 4.84. The van der Waals surface area contributed by atoms with Gasteiger partial charge < -0.3 is 15.1 Å². The highest BCUT2D eigenvalue weighted by Crippen LogP contribution is 2.39. The maximum absolute atomic E-state index is 12.6. The molecule has 2 aliphatic heterocycles. The van der Waals surface area contributed by atoms with Crippen LogP contribution in [-0.2, 0) is 4.79 Å². The number of fused-ring (bicyclic) bond motifs is 3. The average Bonchev–Trinajstić information content (AvgIpc) is 2.59. The molecule has 1 N–H and O–H groups in total. The van der Waals surface area contributed by atoms with Gasteiger partial charge >= 0.3 is 0 Å². The molecule has 0 aliphatic carbocycles. The number of carbonyl (C=O) groups is 2. The summed E-state index contributed by atoms with van der Waals surface area (Å²) in [7, 11) is 1.81. The van der Waals surface area contributed by atoms with Crippen molar-refractivity contribution in [1.82, 2.24) is 5.32 Å². The monoisotopic (exact) mass is 315 g/mol. The van der Waals surface area contributed by atoms with Crippen LogP contribution in [0, 0.1) is 0 Å². The predicted octanol–water partition coefficient (Wildman–Crippen LogP) is 2.55. The molecule has 5 nitrogen and oxygen atoms in total. The Morgan fingerprint density at radius 1 is 1.30 bits per heavy atom. The first-order chi connectivity index (χ1) is 11.1. The Labute approximate surface area is 137 Å². The Hall–Kier alpha value is -2.04. The Morgan fingerprint density at radius 2 is 2.13 bits per heavy atom. The van der Waals surface area contributed by atoms with Gasteiger partial charge in [0.15, 0.2) is 0 Å². The lowest BCUT2D eigenvalue weighted by Gasteiger charge is -2.44. The Balaban J connectivity index is 1.87. The second-order valence-electron chi connectivity index (χ2n) is 6.42. The first-order valence-corrected chi connectivity index (χ1v) is 8.60. The number of likely N-dealkylation sites (N-methyl/N-ethyl adjacent to an activating group) is 1. The maximum Gasteiger partial charge on any atom is 0.251 e. The molecule has 1 fully saturated rings. The Kier molecular flexibility index (Phi) is 4.55. The molecule has 0 spiro atoms. The molecule has 0 aromatic heterocycles. The lowest BCUT2D eigenvalue weighted by molar-refractivity contribution is -0.120. The summed E-state index contributed by atoms with van der Waals surface area (Å²) in [6.45, 7) is 3.70.